The Morgan fingerprint density at radius 3 is 2.95 bits per heavy atom. The maximum absolute atomic E-state index is 6.10. The minimum absolute atomic E-state index is 0.496. The van der Waals surface area contributed by atoms with E-state index in [4.69, 9.17) is 11.6 Å². The molecule has 0 spiro atoms. The van der Waals surface area contributed by atoms with Gasteiger partial charge in [-0.05, 0) is 31.4 Å². The molecule has 0 atom stereocenters. The molecule has 0 aliphatic carbocycles. The summed E-state index contributed by atoms with van der Waals surface area (Å²) in [5.74, 6) is 1.17. The van der Waals surface area contributed by atoms with E-state index in [9.17, 15) is 0 Å². The van der Waals surface area contributed by atoms with Crippen LogP contribution in [0.2, 0.25) is 5.02 Å². The van der Waals surface area contributed by atoms with Crippen LogP contribution in [0, 0.1) is 0 Å². The van der Waals surface area contributed by atoms with E-state index >= 15 is 0 Å². The van der Waals surface area contributed by atoms with Crippen LogP contribution in [0.4, 0.5) is 17.5 Å². The minimum atomic E-state index is 0.496. The molecule has 1 aromatic carbocycles. The summed E-state index contributed by atoms with van der Waals surface area (Å²) in [5.41, 5.74) is 0.954. The lowest BCUT2D eigenvalue weighted by Crippen LogP contribution is -2.04. The molecule has 6 heteroatoms. The highest BCUT2D eigenvalue weighted by molar-refractivity contribution is 7.98. The summed E-state index contributed by atoms with van der Waals surface area (Å²) in [7, 11) is 0. The van der Waals surface area contributed by atoms with Crippen molar-refractivity contribution in [2.45, 2.75) is 11.8 Å². The van der Waals surface area contributed by atoms with Gasteiger partial charge in [-0.15, -0.1) is 11.8 Å². The molecule has 4 nitrogen and oxygen atoms in total. The van der Waals surface area contributed by atoms with Crippen molar-refractivity contribution in [3.05, 3.63) is 35.5 Å². The summed E-state index contributed by atoms with van der Waals surface area (Å²) in [4.78, 5) is 9.63. The van der Waals surface area contributed by atoms with Gasteiger partial charge in [0.15, 0.2) is 5.82 Å². The fourth-order valence-corrected chi connectivity index (χ4v) is 2.13. The number of benzene rings is 1. The van der Waals surface area contributed by atoms with Gasteiger partial charge in [-0.2, -0.15) is 4.98 Å². The second kappa shape index (κ2) is 6.63. The van der Waals surface area contributed by atoms with Crippen LogP contribution in [-0.4, -0.2) is 22.8 Å². The third-order valence-electron chi connectivity index (χ3n) is 2.41. The third kappa shape index (κ3) is 3.75. The smallest absolute Gasteiger partial charge is 0.224 e. The molecule has 0 aliphatic rings. The van der Waals surface area contributed by atoms with Crippen LogP contribution in [0.25, 0.3) is 0 Å². The first-order valence-corrected chi connectivity index (χ1v) is 7.50. The topological polar surface area (TPSA) is 49.8 Å². The zero-order chi connectivity index (χ0) is 13.7. The number of anilines is 3. The van der Waals surface area contributed by atoms with Crippen LogP contribution < -0.4 is 10.6 Å². The van der Waals surface area contributed by atoms with Crippen molar-refractivity contribution in [3.8, 4) is 0 Å². The summed E-state index contributed by atoms with van der Waals surface area (Å²) >= 11 is 7.79. The standard InChI is InChI=1S/C13H15ClN4S/c1-3-15-13-16-8-11(14)12(18-13)17-9-5-4-6-10(7-9)19-2/h4-8H,3H2,1-2H3,(H2,15,16,17,18). The summed E-state index contributed by atoms with van der Waals surface area (Å²) in [5, 5.41) is 6.76. The lowest BCUT2D eigenvalue weighted by atomic mass is 10.3. The summed E-state index contributed by atoms with van der Waals surface area (Å²) < 4.78 is 0. The average Bonchev–Trinajstić information content (AvgIpc) is 2.43. The molecular weight excluding hydrogens is 280 g/mol. The van der Waals surface area contributed by atoms with Crippen LogP contribution >= 0.6 is 23.4 Å². The first-order valence-electron chi connectivity index (χ1n) is 5.90. The fourth-order valence-electron chi connectivity index (χ4n) is 1.54. The largest absolute Gasteiger partial charge is 0.354 e. The van der Waals surface area contributed by atoms with E-state index in [1.807, 2.05) is 25.3 Å². The Morgan fingerprint density at radius 2 is 2.21 bits per heavy atom. The summed E-state index contributed by atoms with van der Waals surface area (Å²) in [6.07, 6.45) is 3.63. The Kier molecular flexibility index (Phi) is 4.87. The van der Waals surface area contributed by atoms with Crippen LogP contribution in [0.3, 0.4) is 0 Å². The molecule has 0 amide bonds. The van der Waals surface area contributed by atoms with Gasteiger partial charge >= 0.3 is 0 Å². The van der Waals surface area contributed by atoms with Crippen molar-refractivity contribution >= 4 is 40.8 Å². The molecule has 0 bridgehead atoms. The number of thioether (sulfide) groups is 1. The van der Waals surface area contributed by atoms with Gasteiger partial charge in [0.05, 0.1) is 6.20 Å². The Hall–Kier alpha value is -1.46. The molecule has 0 aliphatic heterocycles. The predicted molar refractivity (Wildman–Crippen MR) is 82.7 cm³/mol. The molecule has 1 heterocycles. The van der Waals surface area contributed by atoms with Gasteiger partial charge in [0.25, 0.3) is 0 Å². The van der Waals surface area contributed by atoms with Crippen molar-refractivity contribution in [2.75, 3.05) is 23.4 Å². The number of rotatable bonds is 5. The Balaban J connectivity index is 2.23. The van der Waals surface area contributed by atoms with Crippen LogP contribution in [0.1, 0.15) is 6.92 Å². The Labute approximate surface area is 122 Å². The molecule has 0 saturated carbocycles. The van der Waals surface area contributed by atoms with E-state index < -0.39 is 0 Å². The zero-order valence-corrected chi connectivity index (χ0v) is 12.3. The van der Waals surface area contributed by atoms with E-state index in [1.54, 1.807) is 18.0 Å². The number of aromatic nitrogens is 2. The first kappa shape index (κ1) is 14.0. The summed E-state index contributed by atoms with van der Waals surface area (Å²) in [6.45, 7) is 2.76. The molecule has 1 aromatic heterocycles. The fraction of sp³-hybridized carbons (Fsp3) is 0.231. The highest BCUT2D eigenvalue weighted by Crippen LogP contribution is 2.26. The second-order valence-corrected chi connectivity index (χ2v) is 5.06. The van der Waals surface area contributed by atoms with Crippen LogP contribution in [-0.2, 0) is 0 Å². The highest BCUT2D eigenvalue weighted by Gasteiger charge is 2.05. The molecule has 2 rings (SSSR count). The Bertz CT molecular complexity index is 562. The number of nitrogens with zero attached hydrogens (tertiary/aromatic N) is 2. The first-order chi connectivity index (χ1) is 9.22. The zero-order valence-electron chi connectivity index (χ0n) is 10.8. The van der Waals surface area contributed by atoms with Gasteiger partial charge in [-0.1, -0.05) is 17.7 Å². The van der Waals surface area contributed by atoms with E-state index in [-0.39, 0.29) is 0 Å². The average molecular weight is 295 g/mol. The minimum Gasteiger partial charge on any atom is -0.354 e. The lowest BCUT2D eigenvalue weighted by molar-refractivity contribution is 1.09. The molecule has 2 N–H and O–H groups in total. The maximum Gasteiger partial charge on any atom is 0.224 e. The van der Waals surface area contributed by atoms with Crippen molar-refractivity contribution in [3.63, 3.8) is 0 Å². The van der Waals surface area contributed by atoms with Gasteiger partial charge in [0.1, 0.15) is 5.02 Å². The summed E-state index contributed by atoms with van der Waals surface area (Å²) in [6, 6.07) is 8.08. The van der Waals surface area contributed by atoms with Crippen LogP contribution in [0.15, 0.2) is 35.4 Å². The molecule has 0 unspecified atom stereocenters. The van der Waals surface area contributed by atoms with E-state index in [1.165, 1.54) is 4.90 Å². The molecule has 0 radical (unpaired) electrons. The van der Waals surface area contributed by atoms with E-state index in [0.717, 1.165) is 12.2 Å². The number of hydrogen-bond acceptors (Lipinski definition) is 5. The van der Waals surface area contributed by atoms with Crippen molar-refractivity contribution in [1.82, 2.24) is 9.97 Å². The molecular formula is C13H15ClN4S. The number of halogens is 1. The highest BCUT2D eigenvalue weighted by atomic mass is 35.5. The number of hydrogen-bond donors (Lipinski definition) is 2. The molecule has 19 heavy (non-hydrogen) atoms. The predicted octanol–water partition coefficient (Wildman–Crippen LogP) is 4.03. The maximum atomic E-state index is 6.10. The normalized spacial score (nSPS) is 10.3. The molecule has 2 aromatic rings. The van der Waals surface area contributed by atoms with Gasteiger partial charge in [-0.25, -0.2) is 4.98 Å². The van der Waals surface area contributed by atoms with E-state index in [2.05, 4.69) is 32.7 Å². The van der Waals surface area contributed by atoms with Gasteiger partial charge in [-0.3, -0.25) is 0 Å². The lowest BCUT2D eigenvalue weighted by Gasteiger charge is -2.10. The monoisotopic (exact) mass is 294 g/mol. The van der Waals surface area contributed by atoms with Gasteiger partial charge in [0.2, 0.25) is 5.95 Å². The Morgan fingerprint density at radius 1 is 1.37 bits per heavy atom. The van der Waals surface area contributed by atoms with Gasteiger partial charge < -0.3 is 10.6 Å². The van der Waals surface area contributed by atoms with Gasteiger partial charge in [0, 0.05) is 17.1 Å². The van der Waals surface area contributed by atoms with Crippen molar-refractivity contribution < 1.29 is 0 Å². The number of nitrogens with one attached hydrogen (secondary N) is 2. The van der Waals surface area contributed by atoms with Crippen molar-refractivity contribution in [1.29, 1.82) is 0 Å². The SMILES string of the molecule is CCNc1ncc(Cl)c(Nc2cccc(SC)c2)n1. The quantitative estimate of drug-likeness (QED) is 0.816. The third-order valence-corrected chi connectivity index (χ3v) is 3.41. The van der Waals surface area contributed by atoms with Crippen LogP contribution in [0.5, 0.6) is 0 Å². The molecule has 0 saturated heterocycles. The molecule has 100 valence electrons. The van der Waals surface area contributed by atoms with E-state index in [0.29, 0.717) is 16.8 Å². The van der Waals surface area contributed by atoms with Crippen molar-refractivity contribution in [2.24, 2.45) is 0 Å². The molecule has 0 fully saturated rings. The second-order valence-electron chi connectivity index (χ2n) is 3.78.